The van der Waals surface area contributed by atoms with Gasteiger partial charge in [0, 0.05) is 6.04 Å². The van der Waals surface area contributed by atoms with Gasteiger partial charge >= 0.3 is 0 Å². The summed E-state index contributed by atoms with van der Waals surface area (Å²) in [6, 6.07) is 7.17. The van der Waals surface area contributed by atoms with Gasteiger partial charge in [0.2, 0.25) is 0 Å². The van der Waals surface area contributed by atoms with Crippen molar-refractivity contribution in [2.45, 2.75) is 46.6 Å². The van der Waals surface area contributed by atoms with Crippen LogP contribution in [0.15, 0.2) is 18.2 Å². The Hall–Kier alpha value is -0.820. The molecule has 0 aromatic heterocycles. The molecule has 0 spiro atoms. The molecule has 1 aromatic rings. The lowest BCUT2D eigenvalue weighted by Crippen LogP contribution is -2.20. The lowest BCUT2D eigenvalue weighted by molar-refractivity contribution is 0.552. The molecule has 84 valence electrons. The van der Waals surface area contributed by atoms with Crippen molar-refractivity contribution in [1.29, 1.82) is 0 Å². The SMILES string of the molecule is CCCCN[C@H](C)c1ccc(C)cc1C. The summed E-state index contributed by atoms with van der Waals surface area (Å²) in [7, 11) is 0. The number of hydrogen-bond donors (Lipinski definition) is 1. The molecular formula is C14H23N. The Labute approximate surface area is 93.9 Å². The minimum atomic E-state index is 0.470. The Morgan fingerprint density at radius 1 is 1.27 bits per heavy atom. The first-order chi connectivity index (χ1) is 7.15. The van der Waals surface area contributed by atoms with Gasteiger partial charge in [-0.15, -0.1) is 0 Å². The summed E-state index contributed by atoms with van der Waals surface area (Å²) in [5.41, 5.74) is 4.17. The third-order valence-electron chi connectivity index (χ3n) is 2.87. The number of benzene rings is 1. The van der Waals surface area contributed by atoms with Gasteiger partial charge in [-0.1, -0.05) is 37.1 Å². The standard InChI is InChI=1S/C14H23N/c1-5-6-9-15-13(4)14-8-7-11(2)10-12(14)3/h7-8,10,13,15H,5-6,9H2,1-4H3/t13-/m1/s1. The van der Waals surface area contributed by atoms with Crippen molar-refractivity contribution in [3.63, 3.8) is 0 Å². The smallest absolute Gasteiger partial charge is 0.0294 e. The summed E-state index contributed by atoms with van der Waals surface area (Å²) in [5, 5.41) is 3.56. The fourth-order valence-corrected chi connectivity index (χ4v) is 1.92. The van der Waals surface area contributed by atoms with E-state index in [-0.39, 0.29) is 0 Å². The highest BCUT2D eigenvalue weighted by Gasteiger charge is 2.06. The Kier molecular flexibility index (Phi) is 4.83. The molecule has 0 bridgehead atoms. The summed E-state index contributed by atoms with van der Waals surface area (Å²) in [6.07, 6.45) is 2.52. The number of unbranched alkanes of at least 4 members (excludes halogenated alkanes) is 1. The van der Waals surface area contributed by atoms with Gasteiger partial charge in [0.1, 0.15) is 0 Å². The Morgan fingerprint density at radius 3 is 2.60 bits per heavy atom. The van der Waals surface area contributed by atoms with Crippen molar-refractivity contribution in [2.75, 3.05) is 6.54 Å². The van der Waals surface area contributed by atoms with E-state index in [9.17, 15) is 0 Å². The first-order valence-corrected chi connectivity index (χ1v) is 5.95. The van der Waals surface area contributed by atoms with E-state index in [1.165, 1.54) is 29.5 Å². The van der Waals surface area contributed by atoms with Crippen molar-refractivity contribution in [3.05, 3.63) is 34.9 Å². The molecule has 1 heteroatoms. The van der Waals surface area contributed by atoms with Crippen molar-refractivity contribution >= 4 is 0 Å². The van der Waals surface area contributed by atoms with Gasteiger partial charge in [0.25, 0.3) is 0 Å². The van der Waals surface area contributed by atoms with Crippen LogP contribution in [0.1, 0.15) is 49.4 Å². The highest BCUT2D eigenvalue weighted by Crippen LogP contribution is 2.18. The Balaban J connectivity index is 2.61. The lowest BCUT2D eigenvalue weighted by Gasteiger charge is -2.16. The molecule has 0 aliphatic heterocycles. The van der Waals surface area contributed by atoms with Crippen LogP contribution < -0.4 is 5.32 Å². The topological polar surface area (TPSA) is 12.0 Å². The second-order valence-corrected chi connectivity index (χ2v) is 4.39. The number of aryl methyl sites for hydroxylation is 2. The molecule has 15 heavy (non-hydrogen) atoms. The molecule has 0 saturated heterocycles. The van der Waals surface area contributed by atoms with Crippen LogP contribution >= 0.6 is 0 Å². The minimum absolute atomic E-state index is 0.470. The van der Waals surface area contributed by atoms with Crippen LogP contribution in [0.5, 0.6) is 0 Å². The van der Waals surface area contributed by atoms with E-state index < -0.39 is 0 Å². The molecule has 1 rings (SSSR count). The summed E-state index contributed by atoms with van der Waals surface area (Å²) in [4.78, 5) is 0. The molecule has 1 atom stereocenters. The van der Waals surface area contributed by atoms with E-state index >= 15 is 0 Å². The third kappa shape index (κ3) is 3.67. The van der Waals surface area contributed by atoms with Crippen molar-refractivity contribution in [3.8, 4) is 0 Å². The maximum absolute atomic E-state index is 3.56. The van der Waals surface area contributed by atoms with Crippen molar-refractivity contribution < 1.29 is 0 Å². The first kappa shape index (κ1) is 12.3. The summed E-state index contributed by atoms with van der Waals surface area (Å²) >= 11 is 0. The second kappa shape index (κ2) is 5.92. The molecule has 1 nitrogen and oxygen atoms in total. The van der Waals surface area contributed by atoms with Gasteiger partial charge in [-0.05, 0) is 44.9 Å². The monoisotopic (exact) mass is 205 g/mol. The van der Waals surface area contributed by atoms with Crippen LogP contribution in [0.2, 0.25) is 0 Å². The average molecular weight is 205 g/mol. The zero-order valence-corrected chi connectivity index (χ0v) is 10.4. The second-order valence-electron chi connectivity index (χ2n) is 4.39. The minimum Gasteiger partial charge on any atom is -0.310 e. The fourth-order valence-electron chi connectivity index (χ4n) is 1.92. The van der Waals surface area contributed by atoms with Crippen LogP contribution in [-0.2, 0) is 0 Å². The van der Waals surface area contributed by atoms with Gasteiger partial charge < -0.3 is 5.32 Å². The number of rotatable bonds is 5. The first-order valence-electron chi connectivity index (χ1n) is 5.95. The number of hydrogen-bond acceptors (Lipinski definition) is 1. The van der Waals surface area contributed by atoms with Gasteiger partial charge in [0.05, 0.1) is 0 Å². The third-order valence-corrected chi connectivity index (χ3v) is 2.87. The van der Waals surface area contributed by atoms with Crippen molar-refractivity contribution in [2.24, 2.45) is 0 Å². The summed E-state index contributed by atoms with van der Waals surface area (Å²) < 4.78 is 0. The number of nitrogens with one attached hydrogen (secondary N) is 1. The van der Waals surface area contributed by atoms with Crippen LogP contribution in [0, 0.1) is 13.8 Å². The van der Waals surface area contributed by atoms with Crippen LogP contribution in [-0.4, -0.2) is 6.54 Å². The van der Waals surface area contributed by atoms with Crippen LogP contribution in [0.4, 0.5) is 0 Å². The molecule has 0 unspecified atom stereocenters. The van der Waals surface area contributed by atoms with Crippen molar-refractivity contribution in [1.82, 2.24) is 5.32 Å². The maximum Gasteiger partial charge on any atom is 0.0294 e. The van der Waals surface area contributed by atoms with Gasteiger partial charge in [-0.2, -0.15) is 0 Å². The Bertz CT molecular complexity index is 304. The lowest BCUT2D eigenvalue weighted by atomic mass is 10.0. The van der Waals surface area contributed by atoms with E-state index in [1.807, 2.05) is 0 Å². The maximum atomic E-state index is 3.56. The average Bonchev–Trinajstić information content (AvgIpc) is 2.17. The van der Waals surface area contributed by atoms with E-state index in [2.05, 4.69) is 51.2 Å². The zero-order valence-electron chi connectivity index (χ0n) is 10.4. The predicted octanol–water partition coefficient (Wildman–Crippen LogP) is 3.75. The molecule has 1 aromatic carbocycles. The van der Waals surface area contributed by atoms with E-state index in [0.717, 1.165) is 6.54 Å². The Morgan fingerprint density at radius 2 is 2.00 bits per heavy atom. The fraction of sp³-hybridized carbons (Fsp3) is 0.571. The van der Waals surface area contributed by atoms with Crippen LogP contribution in [0.25, 0.3) is 0 Å². The molecule has 0 aliphatic carbocycles. The molecule has 0 heterocycles. The van der Waals surface area contributed by atoms with Crippen LogP contribution in [0.3, 0.4) is 0 Å². The molecule has 1 N–H and O–H groups in total. The molecule has 0 aliphatic rings. The highest BCUT2D eigenvalue weighted by molar-refractivity contribution is 5.32. The van der Waals surface area contributed by atoms with E-state index in [4.69, 9.17) is 0 Å². The molecule has 0 saturated carbocycles. The van der Waals surface area contributed by atoms with Gasteiger partial charge in [-0.3, -0.25) is 0 Å². The predicted molar refractivity (Wildman–Crippen MR) is 67.2 cm³/mol. The van der Waals surface area contributed by atoms with E-state index in [0.29, 0.717) is 6.04 Å². The van der Waals surface area contributed by atoms with Gasteiger partial charge in [-0.25, -0.2) is 0 Å². The quantitative estimate of drug-likeness (QED) is 0.722. The van der Waals surface area contributed by atoms with E-state index in [1.54, 1.807) is 0 Å². The molecule has 0 amide bonds. The molecular weight excluding hydrogens is 182 g/mol. The summed E-state index contributed by atoms with van der Waals surface area (Å²) in [6.45, 7) is 9.92. The van der Waals surface area contributed by atoms with Gasteiger partial charge in [0.15, 0.2) is 0 Å². The molecule has 0 fully saturated rings. The zero-order chi connectivity index (χ0) is 11.3. The highest BCUT2D eigenvalue weighted by atomic mass is 14.9. The largest absolute Gasteiger partial charge is 0.310 e. The molecule has 0 radical (unpaired) electrons. The summed E-state index contributed by atoms with van der Waals surface area (Å²) in [5.74, 6) is 0. The normalized spacial score (nSPS) is 12.8.